The first-order chi connectivity index (χ1) is 7.17. The largest absolute Gasteiger partial charge is 0.461 e. The minimum Gasteiger partial charge on any atom is -0.461 e. The van der Waals surface area contributed by atoms with E-state index in [4.69, 9.17) is 10.00 Å². The maximum atomic E-state index is 10.9. The summed E-state index contributed by atoms with van der Waals surface area (Å²) in [5.74, 6) is 0.733. The fraction of sp³-hybridized carbons (Fsp3) is 0.636. The fourth-order valence-corrected chi connectivity index (χ4v) is 2.76. The Morgan fingerprint density at radius 2 is 2.53 bits per heavy atom. The van der Waals surface area contributed by atoms with Crippen LogP contribution >= 0.6 is 11.8 Å². The number of rotatable bonds is 3. The van der Waals surface area contributed by atoms with Crippen LogP contribution in [0.2, 0.25) is 0 Å². The molecule has 1 rings (SSSR count). The molecule has 15 heavy (non-hydrogen) atoms. The van der Waals surface area contributed by atoms with Gasteiger partial charge in [0.25, 0.3) is 0 Å². The smallest absolute Gasteiger partial charge is 0.302 e. The Kier molecular flexibility index (Phi) is 4.70. The van der Waals surface area contributed by atoms with Gasteiger partial charge in [0, 0.05) is 24.2 Å². The third kappa shape index (κ3) is 3.60. The van der Waals surface area contributed by atoms with E-state index in [0.29, 0.717) is 12.8 Å². The number of carbonyl (C=O) groups excluding carboxylic acids is 1. The highest BCUT2D eigenvalue weighted by molar-refractivity contribution is 7.99. The maximum absolute atomic E-state index is 10.9. The van der Waals surface area contributed by atoms with Crippen molar-refractivity contribution in [3.63, 3.8) is 0 Å². The topological polar surface area (TPSA) is 50.1 Å². The van der Waals surface area contributed by atoms with Crippen LogP contribution in [-0.4, -0.2) is 23.1 Å². The van der Waals surface area contributed by atoms with Crippen LogP contribution in [0, 0.1) is 11.3 Å². The van der Waals surface area contributed by atoms with E-state index >= 15 is 0 Å². The van der Waals surface area contributed by atoms with Gasteiger partial charge < -0.3 is 4.74 Å². The molecule has 0 aliphatic heterocycles. The summed E-state index contributed by atoms with van der Waals surface area (Å²) in [4.78, 5) is 10.9. The van der Waals surface area contributed by atoms with Crippen molar-refractivity contribution in [2.45, 2.75) is 38.0 Å². The molecule has 82 valence electrons. The minimum atomic E-state index is -0.240. The Bertz CT molecular complexity index is 306. The lowest BCUT2D eigenvalue weighted by molar-refractivity contribution is -0.146. The zero-order valence-corrected chi connectivity index (χ0v) is 9.84. The molecule has 0 saturated carbocycles. The lowest BCUT2D eigenvalue weighted by atomic mass is 9.97. The van der Waals surface area contributed by atoms with Gasteiger partial charge in [0.15, 0.2) is 0 Å². The summed E-state index contributed by atoms with van der Waals surface area (Å²) in [7, 11) is 0. The average Bonchev–Trinajstić information content (AvgIpc) is 2.20. The summed E-state index contributed by atoms with van der Waals surface area (Å²) >= 11 is 1.75. The quantitative estimate of drug-likeness (QED) is 0.691. The van der Waals surface area contributed by atoms with Crippen molar-refractivity contribution < 1.29 is 9.53 Å². The van der Waals surface area contributed by atoms with Crippen molar-refractivity contribution in [3.05, 3.63) is 11.6 Å². The number of thioether (sulfide) groups is 1. The predicted molar refractivity (Wildman–Crippen MR) is 60.4 cm³/mol. The molecule has 3 nitrogen and oxygen atoms in total. The third-order valence-corrected chi connectivity index (χ3v) is 3.51. The number of nitrogens with zero attached hydrogens (tertiary/aromatic N) is 1. The SMILES string of the molecule is CCS[C@@H]1CC(C#N)=CC[C@H]1OC(C)=O. The first-order valence-electron chi connectivity index (χ1n) is 5.05. The highest BCUT2D eigenvalue weighted by Gasteiger charge is 2.28. The number of hydrogen-bond donors (Lipinski definition) is 0. The van der Waals surface area contributed by atoms with E-state index in [1.807, 2.05) is 6.08 Å². The van der Waals surface area contributed by atoms with Crippen molar-refractivity contribution >= 4 is 17.7 Å². The highest BCUT2D eigenvalue weighted by Crippen LogP contribution is 2.30. The fourth-order valence-electron chi connectivity index (χ4n) is 1.65. The van der Waals surface area contributed by atoms with Crippen molar-refractivity contribution in [1.29, 1.82) is 5.26 Å². The summed E-state index contributed by atoms with van der Waals surface area (Å²) < 4.78 is 5.24. The highest BCUT2D eigenvalue weighted by atomic mass is 32.2. The molecular weight excluding hydrogens is 210 g/mol. The number of esters is 1. The minimum absolute atomic E-state index is 0.0652. The summed E-state index contributed by atoms with van der Waals surface area (Å²) in [6, 6.07) is 2.17. The molecule has 0 spiro atoms. The van der Waals surface area contributed by atoms with Gasteiger partial charge in [-0.15, -0.1) is 0 Å². The Morgan fingerprint density at radius 3 is 3.07 bits per heavy atom. The van der Waals surface area contributed by atoms with Gasteiger partial charge in [-0.2, -0.15) is 17.0 Å². The Balaban J connectivity index is 2.65. The number of carbonyl (C=O) groups is 1. The zero-order valence-electron chi connectivity index (χ0n) is 9.03. The van der Waals surface area contributed by atoms with E-state index < -0.39 is 0 Å². The van der Waals surface area contributed by atoms with Crippen molar-refractivity contribution in [2.24, 2.45) is 0 Å². The van der Waals surface area contributed by atoms with E-state index in [2.05, 4.69) is 13.0 Å². The molecule has 0 aromatic carbocycles. The van der Waals surface area contributed by atoms with Gasteiger partial charge in [0.2, 0.25) is 0 Å². The second-order valence-electron chi connectivity index (χ2n) is 3.42. The van der Waals surface area contributed by atoms with Crippen LogP contribution in [0.1, 0.15) is 26.7 Å². The van der Waals surface area contributed by atoms with E-state index in [9.17, 15) is 4.79 Å². The summed E-state index contributed by atoms with van der Waals surface area (Å²) in [5.41, 5.74) is 0.810. The van der Waals surface area contributed by atoms with Gasteiger partial charge in [0.05, 0.1) is 6.07 Å². The van der Waals surface area contributed by atoms with Gasteiger partial charge in [-0.05, 0) is 12.2 Å². The second-order valence-corrected chi connectivity index (χ2v) is 4.94. The second kappa shape index (κ2) is 5.82. The molecule has 0 aromatic rings. The standard InChI is InChI=1S/C11H15NO2S/c1-3-15-11-6-9(7-12)4-5-10(11)14-8(2)13/h4,10-11H,3,5-6H2,1-2H3/t10-,11-/m1/s1. The van der Waals surface area contributed by atoms with Crippen LogP contribution in [0.3, 0.4) is 0 Å². The number of ether oxygens (including phenoxy) is 1. The van der Waals surface area contributed by atoms with Crippen LogP contribution in [-0.2, 0) is 9.53 Å². The maximum Gasteiger partial charge on any atom is 0.302 e. The molecule has 1 aliphatic rings. The molecule has 0 radical (unpaired) electrons. The third-order valence-electron chi connectivity index (χ3n) is 2.27. The summed E-state index contributed by atoms with van der Waals surface area (Å²) in [5, 5.41) is 9.04. The van der Waals surface area contributed by atoms with E-state index in [1.165, 1.54) is 6.92 Å². The van der Waals surface area contributed by atoms with Gasteiger partial charge >= 0.3 is 5.97 Å². The number of hydrogen-bond acceptors (Lipinski definition) is 4. The molecule has 0 bridgehead atoms. The van der Waals surface area contributed by atoms with Crippen LogP contribution in [0.25, 0.3) is 0 Å². The molecular formula is C11H15NO2S. The zero-order chi connectivity index (χ0) is 11.3. The van der Waals surface area contributed by atoms with Gasteiger partial charge in [-0.3, -0.25) is 4.79 Å². The molecule has 2 atom stereocenters. The van der Waals surface area contributed by atoms with Gasteiger partial charge in [0.1, 0.15) is 6.10 Å². The molecule has 0 fully saturated rings. The molecule has 0 aromatic heterocycles. The molecule has 0 saturated heterocycles. The predicted octanol–water partition coefficient (Wildman–Crippen LogP) is 2.28. The van der Waals surface area contributed by atoms with Crippen LogP contribution < -0.4 is 0 Å². The molecule has 0 unspecified atom stereocenters. The summed E-state index contributed by atoms with van der Waals surface area (Å²) in [6.45, 7) is 3.50. The monoisotopic (exact) mass is 225 g/mol. The molecule has 0 amide bonds. The van der Waals surface area contributed by atoms with Crippen molar-refractivity contribution in [2.75, 3.05) is 5.75 Å². The summed E-state index contributed by atoms with van der Waals surface area (Å²) in [6.07, 6.45) is 3.19. The van der Waals surface area contributed by atoms with Crippen LogP contribution in [0.4, 0.5) is 0 Å². The van der Waals surface area contributed by atoms with Gasteiger partial charge in [-0.25, -0.2) is 0 Å². The number of allylic oxidation sites excluding steroid dienone is 1. The molecule has 0 heterocycles. The lowest BCUT2D eigenvalue weighted by Crippen LogP contribution is -2.31. The van der Waals surface area contributed by atoms with E-state index in [1.54, 1.807) is 11.8 Å². The first kappa shape index (κ1) is 12.1. The molecule has 4 heteroatoms. The molecule has 1 aliphatic carbocycles. The van der Waals surface area contributed by atoms with Crippen molar-refractivity contribution in [1.82, 2.24) is 0 Å². The average molecular weight is 225 g/mol. The van der Waals surface area contributed by atoms with E-state index in [0.717, 1.165) is 11.3 Å². The van der Waals surface area contributed by atoms with Crippen LogP contribution in [0.5, 0.6) is 0 Å². The van der Waals surface area contributed by atoms with Gasteiger partial charge in [-0.1, -0.05) is 13.0 Å². The van der Waals surface area contributed by atoms with E-state index in [-0.39, 0.29) is 17.3 Å². The van der Waals surface area contributed by atoms with Crippen molar-refractivity contribution in [3.8, 4) is 6.07 Å². The first-order valence-corrected chi connectivity index (χ1v) is 6.10. The normalized spacial score (nSPS) is 25.3. The Morgan fingerprint density at radius 1 is 1.80 bits per heavy atom. The van der Waals surface area contributed by atoms with Crippen LogP contribution in [0.15, 0.2) is 11.6 Å². The number of nitriles is 1. The molecule has 0 N–H and O–H groups in total. The lowest BCUT2D eigenvalue weighted by Gasteiger charge is -2.28. The Hall–Kier alpha value is -0.950. The Labute approximate surface area is 94.5 Å².